The summed E-state index contributed by atoms with van der Waals surface area (Å²) < 4.78 is 10.2. The number of aromatic nitrogens is 2. The van der Waals surface area contributed by atoms with Crippen LogP contribution in [0.5, 0.6) is 5.75 Å². The van der Waals surface area contributed by atoms with Crippen LogP contribution in [0.25, 0.3) is 0 Å². The second-order valence-corrected chi connectivity index (χ2v) is 8.60. The zero-order valence-corrected chi connectivity index (χ0v) is 20.0. The highest BCUT2D eigenvalue weighted by molar-refractivity contribution is 7.09. The molecule has 1 aliphatic rings. The predicted octanol–water partition coefficient (Wildman–Crippen LogP) is 2.33. The van der Waals surface area contributed by atoms with E-state index >= 15 is 0 Å². The molecule has 170 valence electrons. The molecule has 0 atom stereocenters. The Morgan fingerprint density at radius 1 is 1.19 bits per heavy atom. The largest absolute Gasteiger partial charge is 0.494 e. The van der Waals surface area contributed by atoms with Crippen molar-refractivity contribution >= 4 is 22.6 Å². The summed E-state index contributed by atoms with van der Waals surface area (Å²) in [5.74, 6) is 2.80. The fraction of sp³-hybridized carbons (Fsp3) is 0.591. The number of guanidine groups is 1. The molecule has 2 aromatic rings. The first kappa shape index (κ1) is 23.3. The normalized spacial score (nSPS) is 14.9. The highest BCUT2D eigenvalue weighted by Gasteiger charge is 2.22. The molecule has 1 aliphatic heterocycles. The monoisotopic (exact) mass is 445 g/mol. The Balaban J connectivity index is 1.42. The topological polar surface area (TPSA) is 69.1 Å². The fourth-order valence-electron chi connectivity index (χ4n) is 3.41. The van der Waals surface area contributed by atoms with E-state index in [9.17, 15) is 0 Å². The van der Waals surface area contributed by atoms with Crippen LogP contribution in [-0.2, 0) is 13.0 Å². The second kappa shape index (κ2) is 11.9. The van der Waals surface area contributed by atoms with Crippen LogP contribution in [0.15, 0.2) is 29.3 Å². The van der Waals surface area contributed by atoms with Gasteiger partial charge in [-0.1, -0.05) is 19.1 Å². The quantitative estimate of drug-likeness (QED) is 0.361. The van der Waals surface area contributed by atoms with E-state index in [1.807, 2.05) is 19.2 Å². The molecule has 8 nitrogen and oxygen atoms in total. The van der Waals surface area contributed by atoms with Crippen molar-refractivity contribution in [1.82, 2.24) is 24.5 Å². The minimum absolute atomic E-state index is 0.740. The van der Waals surface area contributed by atoms with Crippen molar-refractivity contribution in [2.75, 3.05) is 65.4 Å². The van der Waals surface area contributed by atoms with Gasteiger partial charge in [-0.15, -0.1) is 0 Å². The van der Waals surface area contributed by atoms with E-state index in [0.29, 0.717) is 0 Å². The van der Waals surface area contributed by atoms with Gasteiger partial charge in [0.05, 0.1) is 6.61 Å². The first-order chi connectivity index (χ1) is 15.1. The average Bonchev–Trinajstić information content (AvgIpc) is 3.28. The number of hydrogen-bond acceptors (Lipinski definition) is 7. The summed E-state index contributed by atoms with van der Waals surface area (Å²) in [7, 11) is 6.00. The standard InChI is InChI=1S/C22H35N7OS/c1-5-20-25-22(31-26-20)29-14-12-28(13-15-29)21(23-2)24-17-18-7-9-19(10-8-18)30-16-6-11-27(3)4/h7-10H,5-6,11-17H2,1-4H3,(H,23,24). The van der Waals surface area contributed by atoms with Crippen molar-refractivity contribution < 1.29 is 4.74 Å². The van der Waals surface area contributed by atoms with Crippen LogP contribution in [0, 0.1) is 0 Å². The summed E-state index contributed by atoms with van der Waals surface area (Å²) >= 11 is 1.50. The van der Waals surface area contributed by atoms with Crippen molar-refractivity contribution in [2.45, 2.75) is 26.3 Å². The maximum atomic E-state index is 5.82. The molecular weight excluding hydrogens is 410 g/mol. The lowest BCUT2D eigenvalue weighted by Crippen LogP contribution is -2.52. The maximum absolute atomic E-state index is 5.82. The summed E-state index contributed by atoms with van der Waals surface area (Å²) in [6.45, 7) is 8.30. The van der Waals surface area contributed by atoms with Crippen LogP contribution in [-0.4, -0.2) is 85.6 Å². The van der Waals surface area contributed by atoms with Gasteiger partial charge in [0.1, 0.15) is 11.6 Å². The van der Waals surface area contributed by atoms with Crippen LogP contribution in [0.4, 0.5) is 5.13 Å². The molecule has 1 N–H and O–H groups in total. The SMILES string of the molecule is CCc1nsc(N2CCN(C(=NC)NCc3ccc(OCCCN(C)C)cc3)CC2)n1. The molecule has 31 heavy (non-hydrogen) atoms. The van der Waals surface area contributed by atoms with Gasteiger partial charge in [-0.2, -0.15) is 4.37 Å². The highest BCUT2D eigenvalue weighted by atomic mass is 32.1. The van der Waals surface area contributed by atoms with Gasteiger partial charge < -0.3 is 24.8 Å². The van der Waals surface area contributed by atoms with Crippen molar-refractivity contribution in [1.29, 1.82) is 0 Å². The Kier molecular flexibility index (Phi) is 8.90. The zero-order valence-electron chi connectivity index (χ0n) is 19.2. The van der Waals surface area contributed by atoms with Crippen molar-refractivity contribution in [2.24, 2.45) is 4.99 Å². The van der Waals surface area contributed by atoms with E-state index in [1.54, 1.807) is 0 Å². The summed E-state index contributed by atoms with van der Waals surface area (Å²) in [5, 5.41) is 4.52. The lowest BCUT2D eigenvalue weighted by molar-refractivity contribution is 0.281. The third kappa shape index (κ3) is 7.07. The van der Waals surface area contributed by atoms with E-state index in [2.05, 4.69) is 67.5 Å². The minimum atomic E-state index is 0.740. The van der Waals surface area contributed by atoms with Crippen LogP contribution < -0.4 is 15.0 Å². The number of hydrogen-bond donors (Lipinski definition) is 1. The van der Waals surface area contributed by atoms with Crippen LogP contribution in [0.2, 0.25) is 0 Å². The van der Waals surface area contributed by atoms with E-state index in [0.717, 1.165) is 81.4 Å². The molecule has 2 heterocycles. The molecule has 1 aromatic carbocycles. The molecule has 0 radical (unpaired) electrons. The van der Waals surface area contributed by atoms with Gasteiger partial charge in [0, 0.05) is 64.3 Å². The van der Waals surface area contributed by atoms with E-state index in [-0.39, 0.29) is 0 Å². The van der Waals surface area contributed by atoms with Crippen molar-refractivity contribution in [3.63, 3.8) is 0 Å². The Hall–Kier alpha value is -2.39. The molecule has 0 saturated carbocycles. The number of piperazine rings is 1. The highest BCUT2D eigenvalue weighted by Crippen LogP contribution is 2.19. The minimum Gasteiger partial charge on any atom is -0.494 e. The molecule has 1 saturated heterocycles. The average molecular weight is 446 g/mol. The van der Waals surface area contributed by atoms with Gasteiger partial charge in [0.2, 0.25) is 5.13 Å². The summed E-state index contributed by atoms with van der Waals surface area (Å²) in [4.78, 5) is 15.9. The van der Waals surface area contributed by atoms with E-state index < -0.39 is 0 Å². The number of nitrogens with one attached hydrogen (secondary N) is 1. The van der Waals surface area contributed by atoms with Gasteiger partial charge in [-0.05, 0) is 38.2 Å². The molecule has 0 amide bonds. The first-order valence-electron chi connectivity index (χ1n) is 11.0. The number of rotatable bonds is 9. The predicted molar refractivity (Wildman–Crippen MR) is 128 cm³/mol. The molecule has 0 spiro atoms. The zero-order chi connectivity index (χ0) is 22.1. The molecule has 0 bridgehead atoms. The third-order valence-corrected chi connectivity index (χ3v) is 6.04. The van der Waals surface area contributed by atoms with Crippen molar-refractivity contribution in [3.8, 4) is 5.75 Å². The van der Waals surface area contributed by atoms with Crippen molar-refractivity contribution in [3.05, 3.63) is 35.7 Å². The Morgan fingerprint density at radius 3 is 2.55 bits per heavy atom. The summed E-state index contributed by atoms with van der Waals surface area (Å²) in [6, 6.07) is 8.31. The fourth-order valence-corrected chi connectivity index (χ4v) is 4.22. The van der Waals surface area contributed by atoms with Gasteiger partial charge in [-0.25, -0.2) is 4.98 Å². The molecule has 0 unspecified atom stereocenters. The smallest absolute Gasteiger partial charge is 0.205 e. The molecule has 0 aliphatic carbocycles. The number of anilines is 1. The van der Waals surface area contributed by atoms with Crippen LogP contribution >= 0.6 is 11.5 Å². The molecule has 9 heteroatoms. The van der Waals surface area contributed by atoms with Gasteiger partial charge in [-0.3, -0.25) is 4.99 Å². The number of nitrogens with zero attached hydrogens (tertiary/aromatic N) is 6. The lowest BCUT2D eigenvalue weighted by Gasteiger charge is -2.36. The number of aliphatic imine (C=N–C) groups is 1. The second-order valence-electron chi connectivity index (χ2n) is 7.87. The first-order valence-corrected chi connectivity index (χ1v) is 11.8. The number of ether oxygens (including phenoxy) is 1. The van der Waals surface area contributed by atoms with E-state index in [1.165, 1.54) is 17.1 Å². The van der Waals surface area contributed by atoms with E-state index in [4.69, 9.17) is 4.74 Å². The Bertz CT molecular complexity index is 814. The lowest BCUT2D eigenvalue weighted by atomic mass is 10.2. The third-order valence-electron chi connectivity index (χ3n) is 5.23. The van der Waals surface area contributed by atoms with Gasteiger partial charge >= 0.3 is 0 Å². The molecule has 1 fully saturated rings. The number of benzene rings is 1. The molecule has 3 rings (SSSR count). The maximum Gasteiger partial charge on any atom is 0.205 e. The summed E-state index contributed by atoms with van der Waals surface area (Å²) in [5.41, 5.74) is 1.21. The van der Waals surface area contributed by atoms with Crippen LogP contribution in [0.1, 0.15) is 24.7 Å². The molecule has 1 aromatic heterocycles. The van der Waals surface area contributed by atoms with Gasteiger partial charge in [0.15, 0.2) is 5.96 Å². The Labute approximate surface area is 190 Å². The Morgan fingerprint density at radius 2 is 1.94 bits per heavy atom. The summed E-state index contributed by atoms with van der Waals surface area (Å²) in [6.07, 6.45) is 1.91. The number of aryl methyl sites for hydroxylation is 1. The van der Waals surface area contributed by atoms with Gasteiger partial charge in [0.25, 0.3) is 0 Å². The van der Waals surface area contributed by atoms with Crippen LogP contribution in [0.3, 0.4) is 0 Å². The molecular formula is C22H35N7OS.